The molecule has 0 aromatic carbocycles. The molecule has 1 N–H and O–H groups in total. The molecular weight excluding hydrogens is 252 g/mol. The van der Waals surface area contributed by atoms with Crippen LogP contribution in [0.15, 0.2) is 0 Å². The highest BCUT2D eigenvalue weighted by Crippen LogP contribution is 2.52. The number of fused-ring (bicyclic) bond motifs is 4. The van der Waals surface area contributed by atoms with Crippen LogP contribution in [0.1, 0.15) is 57.8 Å². The van der Waals surface area contributed by atoms with E-state index in [4.69, 9.17) is 12.2 Å². The smallest absolute Gasteiger partial charge is 0.0616 e. The van der Waals surface area contributed by atoms with E-state index < -0.39 is 0 Å². The van der Waals surface area contributed by atoms with Gasteiger partial charge in [0.05, 0.1) is 6.10 Å². The van der Waals surface area contributed by atoms with Gasteiger partial charge < -0.3 is 5.11 Å². The maximum atomic E-state index is 10.6. The fraction of sp³-hybridized carbons (Fsp3) is 0.941. The minimum atomic E-state index is -0.123. The molecule has 4 fully saturated rings. The van der Waals surface area contributed by atoms with E-state index in [1.54, 1.807) is 0 Å². The van der Waals surface area contributed by atoms with Crippen molar-refractivity contribution >= 4 is 17.1 Å². The van der Waals surface area contributed by atoms with Gasteiger partial charge in [-0.25, -0.2) is 0 Å². The lowest BCUT2D eigenvalue weighted by molar-refractivity contribution is 0.0800. The van der Waals surface area contributed by atoms with Gasteiger partial charge in [0.25, 0.3) is 0 Å². The Labute approximate surface area is 122 Å². The van der Waals surface area contributed by atoms with E-state index in [-0.39, 0.29) is 6.10 Å². The van der Waals surface area contributed by atoms with Crippen molar-refractivity contribution in [1.29, 1.82) is 0 Å². The van der Waals surface area contributed by atoms with Gasteiger partial charge >= 0.3 is 0 Å². The van der Waals surface area contributed by atoms with E-state index in [1.165, 1.54) is 56.2 Å². The Morgan fingerprint density at radius 1 is 0.947 bits per heavy atom. The molecule has 4 saturated carbocycles. The van der Waals surface area contributed by atoms with Crippen LogP contribution in [0.3, 0.4) is 0 Å². The molecular formula is C17H26OS. The Morgan fingerprint density at radius 2 is 1.63 bits per heavy atom. The van der Waals surface area contributed by atoms with Crippen molar-refractivity contribution in [2.24, 2.45) is 35.5 Å². The SMILES string of the molecule is OC(CC(=S)C1CC2CCC1C2)C1CC2CCC1C2. The maximum Gasteiger partial charge on any atom is 0.0616 e. The summed E-state index contributed by atoms with van der Waals surface area (Å²) in [5, 5.41) is 10.6. The molecule has 0 radical (unpaired) electrons. The third kappa shape index (κ3) is 2.19. The summed E-state index contributed by atoms with van der Waals surface area (Å²) < 4.78 is 0. The summed E-state index contributed by atoms with van der Waals surface area (Å²) in [4.78, 5) is 1.22. The molecule has 0 spiro atoms. The fourth-order valence-corrected chi connectivity index (χ4v) is 6.37. The zero-order valence-corrected chi connectivity index (χ0v) is 12.6. The van der Waals surface area contributed by atoms with E-state index in [0.29, 0.717) is 11.8 Å². The molecule has 0 amide bonds. The molecule has 0 aromatic heterocycles. The molecule has 4 rings (SSSR count). The molecule has 4 bridgehead atoms. The van der Waals surface area contributed by atoms with Crippen LogP contribution < -0.4 is 0 Å². The Morgan fingerprint density at radius 3 is 2.16 bits per heavy atom. The predicted octanol–water partition coefficient (Wildman–Crippen LogP) is 3.98. The minimum Gasteiger partial charge on any atom is -0.392 e. The lowest BCUT2D eigenvalue weighted by Gasteiger charge is -2.29. The van der Waals surface area contributed by atoms with Crippen molar-refractivity contribution in [1.82, 2.24) is 0 Å². The molecule has 7 unspecified atom stereocenters. The molecule has 1 nitrogen and oxygen atoms in total. The van der Waals surface area contributed by atoms with Gasteiger partial charge in [0.1, 0.15) is 0 Å². The Bertz CT molecular complexity index is 379. The first-order valence-electron chi connectivity index (χ1n) is 8.41. The molecule has 7 atom stereocenters. The number of aliphatic hydroxyl groups is 1. The molecule has 2 heteroatoms. The second-order valence-electron chi connectivity index (χ2n) is 7.86. The Balaban J connectivity index is 1.35. The van der Waals surface area contributed by atoms with Crippen molar-refractivity contribution < 1.29 is 5.11 Å². The summed E-state index contributed by atoms with van der Waals surface area (Å²) in [6.07, 6.45) is 11.8. The van der Waals surface area contributed by atoms with Gasteiger partial charge in [0, 0.05) is 6.42 Å². The number of thiocarbonyl (C=S) groups is 1. The van der Waals surface area contributed by atoms with Crippen molar-refractivity contribution in [3.8, 4) is 0 Å². The van der Waals surface area contributed by atoms with Crippen LogP contribution in [0.2, 0.25) is 0 Å². The van der Waals surface area contributed by atoms with Crippen LogP contribution in [0.25, 0.3) is 0 Å². The standard InChI is InChI=1S/C17H26OS/c18-16(14-7-10-1-3-12(14)5-10)9-17(19)15-8-11-2-4-13(15)6-11/h10-16,18H,1-9H2. The average Bonchev–Trinajstić information content (AvgIpc) is 3.17. The van der Waals surface area contributed by atoms with E-state index in [1.807, 2.05) is 0 Å². The summed E-state index contributed by atoms with van der Waals surface area (Å²) in [7, 11) is 0. The number of hydrogen-bond donors (Lipinski definition) is 1. The van der Waals surface area contributed by atoms with Gasteiger partial charge in [-0.05, 0) is 78.9 Å². The summed E-state index contributed by atoms with van der Waals surface area (Å²) in [5.41, 5.74) is 0. The third-order valence-corrected chi connectivity index (χ3v) is 7.32. The van der Waals surface area contributed by atoms with E-state index >= 15 is 0 Å². The number of rotatable bonds is 4. The summed E-state index contributed by atoms with van der Waals surface area (Å²) >= 11 is 5.72. The third-order valence-electron chi connectivity index (χ3n) is 6.85. The van der Waals surface area contributed by atoms with Crippen LogP contribution in [-0.4, -0.2) is 16.1 Å². The highest BCUT2D eigenvalue weighted by Gasteiger charge is 2.45. The van der Waals surface area contributed by atoms with Crippen LogP contribution in [0.4, 0.5) is 0 Å². The summed E-state index contributed by atoms with van der Waals surface area (Å²) in [5.74, 6) is 4.86. The molecule has 4 aliphatic rings. The monoisotopic (exact) mass is 278 g/mol. The van der Waals surface area contributed by atoms with Gasteiger partial charge in [-0.1, -0.05) is 25.1 Å². The van der Waals surface area contributed by atoms with Crippen molar-refractivity contribution in [3.63, 3.8) is 0 Å². The van der Waals surface area contributed by atoms with Crippen molar-refractivity contribution in [2.75, 3.05) is 0 Å². The number of aliphatic hydroxyl groups excluding tert-OH is 1. The maximum absolute atomic E-state index is 10.6. The van der Waals surface area contributed by atoms with Gasteiger partial charge in [0.2, 0.25) is 0 Å². The molecule has 0 aromatic rings. The molecule has 0 saturated heterocycles. The first kappa shape index (κ1) is 12.8. The number of hydrogen-bond acceptors (Lipinski definition) is 2. The first-order chi connectivity index (χ1) is 9.20. The fourth-order valence-electron chi connectivity index (χ4n) is 5.91. The normalized spacial score (nSPS) is 48.9. The van der Waals surface area contributed by atoms with E-state index in [2.05, 4.69) is 0 Å². The van der Waals surface area contributed by atoms with Crippen molar-refractivity contribution in [2.45, 2.75) is 63.9 Å². The quantitative estimate of drug-likeness (QED) is 0.785. The van der Waals surface area contributed by atoms with Crippen LogP contribution in [-0.2, 0) is 0 Å². The van der Waals surface area contributed by atoms with E-state index in [0.717, 1.165) is 30.1 Å². The molecule has 0 aliphatic heterocycles. The largest absolute Gasteiger partial charge is 0.392 e. The highest BCUT2D eigenvalue weighted by atomic mass is 32.1. The molecule has 19 heavy (non-hydrogen) atoms. The first-order valence-corrected chi connectivity index (χ1v) is 8.82. The highest BCUT2D eigenvalue weighted by molar-refractivity contribution is 7.80. The second kappa shape index (κ2) is 4.80. The van der Waals surface area contributed by atoms with E-state index in [9.17, 15) is 5.11 Å². The second-order valence-corrected chi connectivity index (χ2v) is 8.38. The zero-order chi connectivity index (χ0) is 13.0. The summed E-state index contributed by atoms with van der Waals surface area (Å²) in [6, 6.07) is 0. The summed E-state index contributed by atoms with van der Waals surface area (Å²) in [6.45, 7) is 0. The van der Waals surface area contributed by atoms with Crippen LogP contribution in [0.5, 0.6) is 0 Å². The lowest BCUT2D eigenvalue weighted by Crippen LogP contribution is -2.30. The topological polar surface area (TPSA) is 20.2 Å². The van der Waals surface area contributed by atoms with Crippen molar-refractivity contribution in [3.05, 3.63) is 0 Å². The lowest BCUT2D eigenvalue weighted by atomic mass is 9.79. The molecule has 106 valence electrons. The Kier molecular flexibility index (Phi) is 3.23. The predicted molar refractivity (Wildman–Crippen MR) is 81.1 cm³/mol. The van der Waals surface area contributed by atoms with Gasteiger partial charge in [-0.2, -0.15) is 0 Å². The Hall–Kier alpha value is 0.0500. The zero-order valence-electron chi connectivity index (χ0n) is 11.8. The average molecular weight is 278 g/mol. The van der Waals surface area contributed by atoms with Crippen LogP contribution in [0, 0.1) is 35.5 Å². The van der Waals surface area contributed by atoms with Crippen LogP contribution >= 0.6 is 12.2 Å². The molecule has 0 heterocycles. The molecule has 4 aliphatic carbocycles. The van der Waals surface area contributed by atoms with Gasteiger partial charge in [-0.15, -0.1) is 0 Å². The van der Waals surface area contributed by atoms with Gasteiger partial charge in [0.15, 0.2) is 0 Å². The van der Waals surface area contributed by atoms with Gasteiger partial charge in [-0.3, -0.25) is 0 Å². The minimum absolute atomic E-state index is 0.123.